The van der Waals surface area contributed by atoms with E-state index in [9.17, 15) is 9.59 Å². The predicted molar refractivity (Wildman–Crippen MR) is 80.1 cm³/mol. The molecule has 1 atom stereocenters. The fourth-order valence-electron chi connectivity index (χ4n) is 2.36. The molecule has 1 aromatic rings. The molecule has 108 valence electrons. The first kappa shape index (κ1) is 14.8. The van der Waals surface area contributed by atoms with Gasteiger partial charge in [-0.3, -0.25) is 0 Å². The van der Waals surface area contributed by atoms with E-state index in [4.69, 9.17) is 5.11 Å². The van der Waals surface area contributed by atoms with Crippen molar-refractivity contribution in [2.45, 2.75) is 19.8 Å². The Morgan fingerprint density at radius 2 is 2.15 bits per heavy atom. The molecule has 1 unspecified atom stereocenters. The highest BCUT2D eigenvalue weighted by Crippen LogP contribution is 2.21. The van der Waals surface area contributed by atoms with Crippen molar-refractivity contribution in [3.63, 3.8) is 0 Å². The number of nitrogens with one attached hydrogen (secondary N) is 1. The van der Waals surface area contributed by atoms with Crippen LogP contribution < -0.4 is 5.32 Å². The third-order valence-electron chi connectivity index (χ3n) is 3.34. The van der Waals surface area contributed by atoms with Crippen LogP contribution in [0.15, 0.2) is 22.7 Å². The van der Waals surface area contributed by atoms with Crippen molar-refractivity contribution in [2.75, 3.05) is 18.4 Å². The van der Waals surface area contributed by atoms with Crippen LogP contribution in [0.4, 0.5) is 10.5 Å². The number of hydrogen-bond acceptors (Lipinski definition) is 2. The highest BCUT2D eigenvalue weighted by molar-refractivity contribution is 9.10. The fourth-order valence-corrected chi connectivity index (χ4v) is 2.85. The summed E-state index contributed by atoms with van der Waals surface area (Å²) in [6, 6.07) is 4.47. The molecule has 0 radical (unpaired) electrons. The SMILES string of the molecule is CC1CCCN(C(=O)Nc2cc(Br)cc(C(=O)O)c2)C1. The van der Waals surface area contributed by atoms with Crippen molar-refractivity contribution in [1.82, 2.24) is 4.90 Å². The minimum absolute atomic E-state index is 0.140. The number of amides is 2. The van der Waals surface area contributed by atoms with Gasteiger partial charge >= 0.3 is 12.0 Å². The molecule has 1 fully saturated rings. The van der Waals surface area contributed by atoms with Gasteiger partial charge in [0.15, 0.2) is 0 Å². The number of likely N-dealkylation sites (tertiary alicyclic amines) is 1. The summed E-state index contributed by atoms with van der Waals surface area (Å²) in [6.45, 7) is 3.61. The number of hydrogen-bond donors (Lipinski definition) is 2. The lowest BCUT2D eigenvalue weighted by molar-refractivity contribution is 0.0696. The van der Waals surface area contributed by atoms with Gasteiger partial charge in [-0.1, -0.05) is 22.9 Å². The smallest absolute Gasteiger partial charge is 0.335 e. The van der Waals surface area contributed by atoms with Crippen LogP contribution >= 0.6 is 15.9 Å². The fraction of sp³-hybridized carbons (Fsp3) is 0.429. The highest BCUT2D eigenvalue weighted by atomic mass is 79.9. The molecule has 1 aromatic carbocycles. The van der Waals surface area contributed by atoms with Gasteiger partial charge in [-0.2, -0.15) is 0 Å². The summed E-state index contributed by atoms with van der Waals surface area (Å²) < 4.78 is 0.625. The number of nitrogens with zero attached hydrogens (tertiary/aromatic N) is 1. The Bertz CT molecular complexity index is 533. The first-order valence-corrected chi connectivity index (χ1v) is 7.35. The van der Waals surface area contributed by atoms with Crippen molar-refractivity contribution in [3.8, 4) is 0 Å². The van der Waals surface area contributed by atoms with Crippen molar-refractivity contribution in [2.24, 2.45) is 5.92 Å². The van der Waals surface area contributed by atoms with Gasteiger partial charge in [-0.15, -0.1) is 0 Å². The number of aromatic carboxylic acids is 1. The molecule has 5 nitrogen and oxygen atoms in total. The first-order valence-electron chi connectivity index (χ1n) is 6.55. The second-order valence-electron chi connectivity index (χ2n) is 5.16. The zero-order valence-electron chi connectivity index (χ0n) is 11.2. The molecule has 1 aliphatic rings. The van der Waals surface area contributed by atoms with Gasteiger partial charge in [0.1, 0.15) is 0 Å². The van der Waals surface area contributed by atoms with E-state index in [0.29, 0.717) is 16.1 Å². The van der Waals surface area contributed by atoms with E-state index >= 15 is 0 Å². The molecule has 0 saturated carbocycles. The highest BCUT2D eigenvalue weighted by Gasteiger charge is 2.21. The topological polar surface area (TPSA) is 69.6 Å². The van der Waals surface area contributed by atoms with Crippen LogP contribution in [0, 0.1) is 5.92 Å². The second-order valence-corrected chi connectivity index (χ2v) is 6.07. The molecule has 1 saturated heterocycles. The van der Waals surface area contributed by atoms with Crippen molar-refractivity contribution >= 4 is 33.6 Å². The van der Waals surface area contributed by atoms with Crippen LogP contribution in [0.2, 0.25) is 0 Å². The summed E-state index contributed by atoms with van der Waals surface area (Å²) in [5.74, 6) is -0.514. The summed E-state index contributed by atoms with van der Waals surface area (Å²) >= 11 is 3.25. The number of anilines is 1. The Hall–Kier alpha value is -1.56. The van der Waals surface area contributed by atoms with Crippen LogP contribution in [0.25, 0.3) is 0 Å². The summed E-state index contributed by atoms with van der Waals surface area (Å²) in [6.07, 6.45) is 2.15. The van der Waals surface area contributed by atoms with Crippen LogP contribution in [-0.4, -0.2) is 35.1 Å². The van der Waals surface area contributed by atoms with E-state index in [2.05, 4.69) is 28.2 Å². The maximum atomic E-state index is 12.2. The normalized spacial score (nSPS) is 18.7. The molecule has 1 heterocycles. The molecule has 2 rings (SSSR count). The lowest BCUT2D eigenvalue weighted by atomic mass is 10.0. The zero-order valence-corrected chi connectivity index (χ0v) is 12.8. The molecule has 20 heavy (non-hydrogen) atoms. The number of carbonyl (C=O) groups excluding carboxylic acids is 1. The molecule has 6 heteroatoms. The number of halogens is 1. The summed E-state index contributed by atoms with van der Waals surface area (Å²) in [4.78, 5) is 24.9. The Morgan fingerprint density at radius 3 is 2.80 bits per heavy atom. The predicted octanol–water partition coefficient (Wildman–Crippen LogP) is 3.41. The number of urea groups is 1. The largest absolute Gasteiger partial charge is 0.478 e. The monoisotopic (exact) mass is 340 g/mol. The Kier molecular flexibility index (Phi) is 4.65. The first-order chi connectivity index (χ1) is 9.45. The molecular weight excluding hydrogens is 324 g/mol. The average Bonchev–Trinajstić information content (AvgIpc) is 2.37. The standard InChI is InChI=1S/C14H17BrN2O3/c1-9-3-2-4-17(8-9)14(20)16-12-6-10(13(18)19)5-11(15)7-12/h5-7,9H,2-4,8H2,1H3,(H,16,20)(H,18,19). The zero-order chi connectivity index (χ0) is 14.7. The lowest BCUT2D eigenvalue weighted by Crippen LogP contribution is -2.41. The minimum Gasteiger partial charge on any atom is -0.478 e. The van der Waals surface area contributed by atoms with Crippen molar-refractivity contribution in [1.29, 1.82) is 0 Å². The molecule has 0 spiro atoms. The number of carboxylic acid groups (broad SMARTS) is 1. The van der Waals surface area contributed by atoms with Crippen molar-refractivity contribution in [3.05, 3.63) is 28.2 Å². The molecule has 1 aliphatic heterocycles. The lowest BCUT2D eigenvalue weighted by Gasteiger charge is -2.31. The number of piperidine rings is 1. The molecule has 0 aliphatic carbocycles. The Morgan fingerprint density at radius 1 is 1.40 bits per heavy atom. The van der Waals surface area contributed by atoms with Gasteiger partial charge in [0.2, 0.25) is 0 Å². The molecule has 2 N–H and O–H groups in total. The van der Waals surface area contributed by atoms with E-state index in [1.54, 1.807) is 11.0 Å². The van der Waals surface area contributed by atoms with Crippen LogP contribution in [0.5, 0.6) is 0 Å². The second kappa shape index (κ2) is 6.26. The van der Waals surface area contributed by atoms with Crippen LogP contribution in [0.1, 0.15) is 30.1 Å². The summed E-state index contributed by atoms with van der Waals surface area (Å²) in [5, 5.41) is 11.8. The van der Waals surface area contributed by atoms with Gasteiger partial charge in [0, 0.05) is 23.2 Å². The van der Waals surface area contributed by atoms with Gasteiger partial charge < -0.3 is 15.3 Å². The van der Waals surface area contributed by atoms with E-state index in [1.165, 1.54) is 12.1 Å². The summed E-state index contributed by atoms with van der Waals surface area (Å²) in [7, 11) is 0. The van der Waals surface area contributed by atoms with E-state index in [0.717, 1.165) is 25.9 Å². The van der Waals surface area contributed by atoms with E-state index in [1.807, 2.05) is 0 Å². The molecule has 0 bridgehead atoms. The summed E-state index contributed by atoms with van der Waals surface area (Å²) in [5.41, 5.74) is 0.627. The number of benzene rings is 1. The van der Waals surface area contributed by atoms with Gasteiger partial charge in [0.25, 0.3) is 0 Å². The minimum atomic E-state index is -1.02. The average molecular weight is 341 g/mol. The maximum Gasteiger partial charge on any atom is 0.335 e. The van der Waals surface area contributed by atoms with Gasteiger partial charge in [-0.25, -0.2) is 9.59 Å². The third-order valence-corrected chi connectivity index (χ3v) is 3.80. The molecule has 0 aromatic heterocycles. The van der Waals surface area contributed by atoms with Crippen molar-refractivity contribution < 1.29 is 14.7 Å². The van der Waals surface area contributed by atoms with Gasteiger partial charge in [-0.05, 0) is 37.0 Å². The van der Waals surface area contributed by atoms with Crippen LogP contribution in [0.3, 0.4) is 0 Å². The maximum absolute atomic E-state index is 12.2. The quantitative estimate of drug-likeness (QED) is 0.866. The van der Waals surface area contributed by atoms with E-state index < -0.39 is 5.97 Å². The number of carbonyl (C=O) groups is 2. The molecular formula is C14H17BrN2O3. The van der Waals surface area contributed by atoms with E-state index in [-0.39, 0.29) is 11.6 Å². The number of carboxylic acids is 1. The Labute approximate surface area is 126 Å². The third kappa shape index (κ3) is 3.72. The molecule has 2 amide bonds. The van der Waals surface area contributed by atoms with Crippen LogP contribution in [-0.2, 0) is 0 Å². The number of rotatable bonds is 2. The van der Waals surface area contributed by atoms with Gasteiger partial charge in [0.05, 0.1) is 5.56 Å². The Balaban J connectivity index is 2.09.